The largest absolute Gasteiger partial charge is 0.492 e. The summed E-state index contributed by atoms with van der Waals surface area (Å²) in [5.41, 5.74) is -1.57. The van der Waals surface area contributed by atoms with E-state index in [-0.39, 0.29) is 32.8 Å². The van der Waals surface area contributed by atoms with Gasteiger partial charge in [0.05, 0.1) is 30.9 Å². The Balaban J connectivity index is 1.51. The molecule has 8 nitrogen and oxygen atoms in total. The normalized spacial score (nSPS) is 14.7. The second-order valence-electron chi connectivity index (χ2n) is 7.85. The number of benzene rings is 3. The van der Waals surface area contributed by atoms with Crippen LogP contribution in [0.3, 0.4) is 0 Å². The van der Waals surface area contributed by atoms with Gasteiger partial charge in [-0.2, -0.15) is 13.2 Å². The first-order valence-electron chi connectivity index (χ1n) is 10.9. The summed E-state index contributed by atoms with van der Waals surface area (Å²) in [5, 5.41) is 10.9. The van der Waals surface area contributed by atoms with Crippen LogP contribution in [0.5, 0.6) is 17.2 Å². The number of para-hydroxylation sites is 1. The van der Waals surface area contributed by atoms with Crippen LogP contribution < -0.4 is 9.47 Å². The fourth-order valence-electron chi connectivity index (χ4n) is 3.41. The Hall–Kier alpha value is -3.36. The number of rotatable bonds is 8. The molecule has 1 aliphatic heterocycles. The Kier molecular flexibility index (Phi) is 8.67. The molecule has 4 rings (SSSR count). The van der Waals surface area contributed by atoms with Crippen molar-refractivity contribution in [2.75, 3.05) is 13.2 Å². The molecular weight excluding hydrogens is 673 g/mol. The van der Waals surface area contributed by atoms with E-state index in [2.05, 4.69) is 31.9 Å². The van der Waals surface area contributed by atoms with Gasteiger partial charge in [-0.1, -0.05) is 18.2 Å². The molecule has 1 saturated heterocycles. The van der Waals surface area contributed by atoms with E-state index >= 15 is 0 Å². The summed E-state index contributed by atoms with van der Waals surface area (Å²) >= 11 is 7.34. The van der Waals surface area contributed by atoms with E-state index in [1.165, 1.54) is 18.2 Å². The van der Waals surface area contributed by atoms with Crippen molar-refractivity contribution in [2.45, 2.75) is 6.18 Å². The van der Waals surface area contributed by atoms with Crippen molar-refractivity contribution in [3.63, 3.8) is 0 Å². The molecule has 1 aliphatic rings. The van der Waals surface area contributed by atoms with E-state index in [9.17, 15) is 32.9 Å². The van der Waals surface area contributed by atoms with Crippen LogP contribution in [0.4, 0.5) is 23.7 Å². The smallest absolute Gasteiger partial charge is 0.416 e. The number of amides is 2. The molecule has 2 amide bonds. The molecule has 3 aromatic rings. The Labute approximate surface area is 240 Å². The molecule has 0 N–H and O–H groups in total. The van der Waals surface area contributed by atoms with Crippen molar-refractivity contribution in [1.29, 1.82) is 0 Å². The summed E-state index contributed by atoms with van der Waals surface area (Å²) in [6.45, 7) is 0.178. The molecule has 1 heterocycles. The molecule has 14 heteroatoms. The molecule has 0 unspecified atom stereocenters. The molecule has 3 aromatic carbocycles. The lowest BCUT2D eigenvalue weighted by Gasteiger charge is -2.13. The fourth-order valence-corrected chi connectivity index (χ4v) is 5.66. The summed E-state index contributed by atoms with van der Waals surface area (Å²) in [7, 11) is 0. The molecule has 202 valence electrons. The number of hydrogen-bond acceptors (Lipinski definition) is 7. The third-order valence-corrected chi connectivity index (χ3v) is 7.30. The van der Waals surface area contributed by atoms with E-state index < -0.39 is 39.2 Å². The number of thioether (sulfide) groups is 1. The number of carbonyl (C=O) groups excluding carboxylic acids is 2. The topological polar surface area (TPSA) is 99.0 Å². The van der Waals surface area contributed by atoms with Gasteiger partial charge in [-0.15, -0.1) is 0 Å². The summed E-state index contributed by atoms with van der Waals surface area (Å²) in [5.74, 6) is -0.226. The number of carbonyl (C=O) groups is 2. The monoisotopic (exact) mass is 686 g/mol. The summed E-state index contributed by atoms with van der Waals surface area (Å²) in [6.07, 6.45) is -3.27. The third-order valence-electron chi connectivity index (χ3n) is 5.21. The van der Waals surface area contributed by atoms with Crippen molar-refractivity contribution in [2.24, 2.45) is 0 Å². The first-order valence-corrected chi connectivity index (χ1v) is 13.3. The quantitative estimate of drug-likeness (QED) is 0.134. The number of imide groups is 1. The van der Waals surface area contributed by atoms with E-state index in [1.54, 1.807) is 24.3 Å². The van der Waals surface area contributed by atoms with Gasteiger partial charge < -0.3 is 9.47 Å². The van der Waals surface area contributed by atoms with Gasteiger partial charge in [0.2, 0.25) is 5.75 Å². The van der Waals surface area contributed by atoms with Gasteiger partial charge in [0.25, 0.3) is 11.1 Å². The molecular formula is C25H15Br2F3N2O6S. The Morgan fingerprint density at radius 2 is 1.69 bits per heavy atom. The number of hydrogen-bond donors (Lipinski definition) is 0. The van der Waals surface area contributed by atoms with Crippen LogP contribution in [-0.2, 0) is 11.0 Å². The summed E-state index contributed by atoms with van der Waals surface area (Å²) in [4.78, 5) is 36.9. The zero-order chi connectivity index (χ0) is 28.3. The van der Waals surface area contributed by atoms with Gasteiger partial charge in [0, 0.05) is 6.07 Å². The number of halogens is 5. The molecule has 0 saturated carbocycles. The summed E-state index contributed by atoms with van der Waals surface area (Å²) in [6, 6.07) is 14.0. The average molecular weight is 688 g/mol. The van der Waals surface area contributed by atoms with Crippen LogP contribution in [0, 0.1) is 10.1 Å². The minimum atomic E-state index is -4.76. The van der Waals surface area contributed by atoms with Gasteiger partial charge in [0.1, 0.15) is 12.4 Å². The van der Waals surface area contributed by atoms with E-state index in [1.807, 2.05) is 6.07 Å². The number of nitro groups is 1. The standard InChI is InChI=1S/C25H15Br2F3N2O6S/c26-17-10-14(12-21-23(33)31(24(34)39-21)8-9-37-16-4-2-1-3-5-16)11-18(27)22(17)38-20-7-6-15(25(28,29)30)13-19(20)32(35)36/h1-7,10-13H,8-9H2/b21-12-. The first-order chi connectivity index (χ1) is 18.4. The van der Waals surface area contributed by atoms with Gasteiger partial charge in [0.15, 0.2) is 5.75 Å². The average Bonchev–Trinajstić information content (AvgIpc) is 3.13. The van der Waals surface area contributed by atoms with Crippen LogP contribution in [0.1, 0.15) is 11.1 Å². The highest BCUT2D eigenvalue weighted by molar-refractivity contribution is 9.11. The molecule has 1 fully saturated rings. The van der Waals surface area contributed by atoms with Crippen LogP contribution in [-0.4, -0.2) is 34.1 Å². The van der Waals surface area contributed by atoms with Gasteiger partial charge in [-0.05, 0) is 91.7 Å². The maximum Gasteiger partial charge on any atom is 0.416 e. The Bertz CT molecular complexity index is 1460. The van der Waals surface area contributed by atoms with E-state index in [0.29, 0.717) is 23.4 Å². The van der Waals surface area contributed by atoms with Crippen LogP contribution in [0.2, 0.25) is 0 Å². The first kappa shape index (κ1) is 28.6. The lowest BCUT2D eigenvalue weighted by molar-refractivity contribution is -0.385. The summed E-state index contributed by atoms with van der Waals surface area (Å²) < 4.78 is 50.7. The molecule has 0 atom stereocenters. The number of ether oxygens (including phenoxy) is 2. The Morgan fingerprint density at radius 1 is 1.03 bits per heavy atom. The van der Waals surface area contributed by atoms with Crippen LogP contribution in [0.25, 0.3) is 6.08 Å². The van der Waals surface area contributed by atoms with Crippen LogP contribution >= 0.6 is 43.6 Å². The minimum Gasteiger partial charge on any atom is -0.492 e. The predicted molar refractivity (Wildman–Crippen MR) is 145 cm³/mol. The fraction of sp³-hybridized carbons (Fsp3) is 0.120. The third kappa shape index (κ3) is 6.81. The Morgan fingerprint density at radius 3 is 2.31 bits per heavy atom. The molecule has 0 aromatic heterocycles. The molecule has 39 heavy (non-hydrogen) atoms. The highest BCUT2D eigenvalue weighted by Crippen LogP contribution is 2.43. The second kappa shape index (κ2) is 11.8. The van der Waals surface area contributed by atoms with Gasteiger partial charge in [-0.25, -0.2) is 0 Å². The van der Waals surface area contributed by atoms with Crippen molar-refractivity contribution >= 4 is 66.5 Å². The van der Waals surface area contributed by atoms with Crippen molar-refractivity contribution in [3.05, 3.63) is 95.8 Å². The second-order valence-corrected chi connectivity index (χ2v) is 10.5. The molecule has 0 radical (unpaired) electrons. The lowest BCUT2D eigenvalue weighted by atomic mass is 10.1. The molecule has 0 aliphatic carbocycles. The SMILES string of the molecule is O=C1S/C(=C\c2cc(Br)c(Oc3ccc(C(F)(F)F)cc3[N+](=O)[O-])c(Br)c2)C(=O)N1CCOc1ccccc1. The molecule has 0 spiro atoms. The minimum absolute atomic E-state index is 0.0566. The maximum atomic E-state index is 13.0. The highest BCUT2D eigenvalue weighted by Gasteiger charge is 2.35. The highest BCUT2D eigenvalue weighted by atomic mass is 79.9. The van der Waals surface area contributed by atoms with Crippen molar-refractivity contribution in [1.82, 2.24) is 4.90 Å². The lowest BCUT2D eigenvalue weighted by Crippen LogP contribution is -2.32. The predicted octanol–water partition coefficient (Wildman–Crippen LogP) is 8.05. The van der Waals surface area contributed by atoms with Crippen LogP contribution in [0.15, 0.2) is 74.5 Å². The van der Waals surface area contributed by atoms with Gasteiger partial charge in [-0.3, -0.25) is 24.6 Å². The van der Waals surface area contributed by atoms with Crippen molar-refractivity contribution in [3.8, 4) is 17.2 Å². The molecule has 0 bridgehead atoms. The number of alkyl halides is 3. The zero-order valence-electron chi connectivity index (χ0n) is 19.4. The van der Waals surface area contributed by atoms with Gasteiger partial charge >= 0.3 is 11.9 Å². The number of nitrogens with zero attached hydrogens (tertiary/aromatic N) is 2. The van der Waals surface area contributed by atoms with E-state index in [0.717, 1.165) is 22.7 Å². The maximum absolute atomic E-state index is 13.0. The number of nitro benzene ring substituents is 1. The zero-order valence-corrected chi connectivity index (χ0v) is 23.4. The van der Waals surface area contributed by atoms with E-state index in [4.69, 9.17) is 9.47 Å². The van der Waals surface area contributed by atoms with Crippen molar-refractivity contribution < 1.29 is 37.2 Å².